The van der Waals surface area contributed by atoms with Crippen molar-refractivity contribution < 1.29 is 24.3 Å². The lowest BCUT2D eigenvalue weighted by Crippen LogP contribution is -2.32. The third-order valence-electron chi connectivity index (χ3n) is 3.91. The number of carboxylic acids is 1. The minimum atomic E-state index is -1.06. The van der Waals surface area contributed by atoms with Crippen LogP contribution in [0.5, 0.6) is 0 Å². The fourth-order valence-electron chi connectivity index (χ4n) is 2.62. The molecule has 27 heavy (non-hydrogen) atoms. The molecule has 0 aliphatic carbocycles. The molecule has 8 nitrogen and oxygen atoms in total. The molecular weight excluding hydrogens is 370 g/mol. The summed E-state index contributed by atoms with van der Waals surface area (Å²) >= 11 is 1.41. The van der Waals surface area contributed by atoms with Gasteiger partial charge in [0.2, 0.25) is 11.8 Å². The van der Waals surface area contributed by atoms with Gasteiger partial charge in [0.05, 0.1) is 24.0 Å². The highest BCUT2D eigenvalue weighted by Gasteiger charge is 2.39. The lowest BCUT2D eigenvalue weighted by molar-refractivity contribution is -0.136. The number of nitrogens with zero attached hydrogens (tertiary/aromatic N) is 1. The predicted octanol–water partition coefficient (Wildman–Crippen LogP) is 1.34. The predicted molar refractivity (Wildman–Crippen MR) is 103 cm³/mol. The zero-order valence-electron chi connectivity index (χ0n) is 14.6. The molecule has 0 radical (unpaired) electrons. The number of amides is 2. The van der Waals surface area contributed by atoms with Crippen LogP contribution >= 0.6 is 11.8 Å². The number of rotatable bonds is 11. The van der Waals surface area contributed by atoms with Gasteiger partial charge in [-0.3, -0.25) is 24.5 Å². The molecule has 1 unspecified atom stereocenters. The smallest absolute Gasteiger partial charge is 0.317 e. The van der Waals surface area contributed by atoms with Gasteiger partial charge in [-0.1, -0.05) is 12.1 Å². The highest BCUT2D eigenvalue weighted by Crippen LogP contribution is 2.30. The van der Waals surface area contributed by atoms with Crippen LogP contribution in [-0.2, 0) is 14.4 Å². The lowest BCUT2D eigenvalue weighted by Gasteiger charge is -2.16. The molecule has 0 bridgehead atoms. The first-order chi connectivity index (χ1) is 12.9. The van der Waals surface area contributed by atoms with E-state index in [2.05, 4.69) is 5.32 Å². The minimum absolute atomic E-state index is 0.117. The van der Waals surface area contributed by atoms with E-state index in [1.54, 1.807) is 18.2 Å². The first kappa shape index (κ1) is 20.8. The minimum Gasteiger partial charge on any atom is -0.480 e. The number of thioether (sulfide) groups is 1. The molecule has 9 heteroatoms. The Hall–Kier alpha value is -2.52. The van der Waals surface area contributed by atoms with E-state index in [1.807, 2.05) is 0 Å². The molecule has 1 aliphatic heterocycles. The van der Waals surface area contributed by atoms with Crippen LogP contribution in [0.2, 0.25) is 0 Å². The van der Waals surface area contributed by atoms with Gasteiger partial charge in [0.25, 0.3) is 0 Å². The number of carbonyl (C=O) groups excluding carboxylic acids is 3. The van der Waals surface area contributed by atoms with E-state index >= 15 is 0 Å². The largest absolute Gasteiger partial charge is 0.480 e. The molecule has 1 fully saturated rings. The van der Waals surface area contributed by atoms with E-state index in [9.17, 15) is 19.2 Å². The number of aliphatic carboxylic acids is 1. The van der Waals surface area contributed by atoms with Crippen LogP contribution in [0.1, 0.15) is 29.6 Å². The summed E-state index contributed by atoms with van der Waals surface area (Å²) in [6.45, 7) is -0.478. The molecule has 2 rings (SSSR count). The standard InChI is InChI=1S/C18H21N3O5S/c19-6-1-2-7-27-15-9-16(23)21(18(15)26)13-5-3-4-12(8-13)14(22)10-20-11-17(24)25/h3-6,8,15,19-20H,1-2,7,9-11H2,(H,24,25). The summed E-state index contributed by atoms with van der Waals surface area (Å²) in [6, 6.07) is 6.22. The van der Waals surface area contributed by atoms with Crippen molar-refractivity contribution in [2.75, 3.05) is 23.7 Å². The molecule has 1 aromatic rings. The summed E-state index contributed by atoms with van der Waals surface area (Å²) in [5.41, 5.74) is 0.643. The SMILES string of the molecule is N=CCCCSC1CC(=O)N(c2cccc(C(=O)CNCC(=O)O)c2)C1=O. The lowest BCUT2D eigenvalue weighted by atomic mass is 10.1. The number of carbonyl (C=O) groups is 4. The van der Waals surface area contributed by atoms with Crippen LogP contribution in [-0.4, -0.2) is 59.0 Å². The Labute approximate surface area is 160 Å². The van der Waals surface area contributed by atoms with Crippen molar-refractivity contribution in [3.63, 3.8) is 0 Å². The summed E-state index contributed by atoms with van der Waals surface area (Å²) in [4.78, 5) is 48.6. The number of nitrogens with one attached hydrogen (secondary N) is 2. The highest BCUT2D eigenvalue weighted by molar-refractivity contribution is 8.00. The zero-order valence-corrected chi connectivity index (χ0v) is 15.5. The van der Waals surface area contributed by atoms with Crippen LogP contribution < -0.4 is 10.2 Å². The maximum Gasteiger partial charge on any atom is 0.317 e. The van der Waals surface area contributed by atoms with Crippen molar-refractivity contribution in [3.05, 3.63) is 29.8 Å². The van der Waals surface area contributed by atoms with Gasteiger partial charge in [-0.25, -0.2) is 4.90 Å². The van der Waals surface area contributed by atoms with E-state index < -0.39 is 11.2 Å². The fourth-order valence-corrected chi connectivity index (χ4v) is 3.75. The second kappa shape index (κ2) is 9.98. The number of benzene rings is 1. The van der Waals surface area contributed by atoms with E-state index in [-0.39, 0.29) is 37.1 Å². The van der Waals surface area contributed by atoms with Crippen LogP contribution in [0.3, 0.4) is 0 Å². The summed E-state index contributed by atoms with van der Waals surface area (Å²) in [7, 11) is 0. The van der Waals surface area contributed by atoms with Crippen molar-refractivity contribution >= 4 is 47.2 Å². The highest BCUT2D eigenvalue weighted by atomic mass is 32.2. The Morgan fingerprint density at radius 1 is 1.33 bits per heavy atom. The van der Waals surface area contributed by atoms with Gasteiger partial charge in [0.15, 0.2) is 5.78 Å². The normalized spacial score (nSPS) is 16.6. The third kappa shape index (κ3) is 5.73. The van der Waals surface area contributed by atoms with Crippen LogP contribution in [0.25, 0.3) is 0 Å². The van der Waals surface area contributed by atoms with Gasteiger partial charge in [-0.05, 0) is 36.9 Å². The molecule has 3 N–H and O–H groups in total. The van der Waals surface area contributed by atoms with E-state index in [0.29, 0.717) is 23.4 Å². The molecule has 1 atom stereocenters. The van der Waals surface area contributed by atoms with Crippen molar-refractivity contribution in [1.29, 1.82) is 5.41 Å². The number of anilines is 1. The Kier molecular flexibility index (Phi) is 7.68. The van der Waals surface area contributed by atoms with Crippen molar-refractivity contribution in [3.8, 4) is 0 Å². The summed E-state index contributed by atoms with van der Waals surface area (Å²) in [5.74, 6) is -1.30. The van der Waals surface area contributed by atoms with Crippen LogP contribution in [0.4, 0.5) is 5.69 Å². The average molecular weight is 391 g/mol. The van der Waals surface area contributed by atoms with Crippen molar-refractivity contribution in [2.24, 2.45) is 0 Å². The maximum atomic E-state index is 12.6. The molecular formula is C18H21N3O5S. The molecule has 1 saturated heterocycles. The molecule has 1 aliphatic rings. The molecule has 0 saturated carbocycles. The van der Waals surface area contributed by atoms with Gasteiger partial charge < -0.3 is 10.5 Å². The fraction of sp³-hybridized carbons (Fsp3) is 0.389. The van der Waals surface area contributed by atoms with Gasteiger partial charge in [-0.15, -0.1) is 11.8 Å². The van der Waals surface area contributed by atoms with Crippen LogP contribution in [0, 0.1) is 5.41 Å². The second-order valence-corrected chi connectivity index (χ2v) is 7.26. The summed E-state index contributed by atoms with van der Waals surface area (Å²) < 4.78 is 0. The van der Waals surface area contributed by atoms with Gasteiger partial charge >= 0.3 is 5.97 Å². The van der Waals surface area contributed by atoms with Gasteiger partial charge in [-0.2, -0.15) is 0 Å². The molecule has 0 aromatic heterocycles. The number of carboxylic acid groups (broad SMARTS) is 1. The van der Waals surface area contributed by atoms with Gasteiger partial charge in [0.1, 0.15) is 0 Å². The number of ketones is 1. The Bertz CT molecular complexity index is 752. The van der Waals surface area contributed by atoms with Crippen molar-refractivity contribution in [2.45, 2.75) is 24.5 Å². The van der Waals surface area contributed by atoms with Crippen LogP contribution in [0.15, 0.2) is 24.3 Å². The van der Waals surface area contributed by atoms with E-state index in [0.717, 1.165) is 11.3 Å². The Morgan fingerprint density at radius 2 is 2.11 bits per heavy atom. The van der Waals surface area contributed by atoms with Crippen molar-refractivity contribution in [1.82, 2.24) is 5.32 Å². The summed E-state index contributed by atoms with van der Waals surface area (Å²) in [6.07, 6.45) is 2.86. The number of hydrogen-bond acceptors (Lipinski definition) is 7. The first-order valence-corrected chi connectivity index (χ1v) is 9.52. The molecule has 0 spiro atoms. The molecule has 2 amide bonds. The summed E-state index contributed by atoms with van der Waals surface area (Å²) in [5, 5.41) is 17.7. The van der Waals surface area contributed by atoms with Gasteiger partial charge in [0, 0.05) is 12.0 Å². The second-order valence-electron chi connectivity index (χ2n) is 5.95. The third-order valence-corrected chi connectivity index (χ3v) is 5.20. The van der Waals surface area contributed by atoms with E-state index in [1.165, 1.54) is 24.0 Å². The first-order valence-electron chi connectivity index (χ1n) is 8.47. The monoisotopic (exact) mass is 391 g/mol. The Morgan fingerprint density at radius 3 is 2.81 bits per heavy atom. The topological polar surface area (TPSA) is 128 Å². The average Bonchev–Trinajstić information content (AvgIpc) is 2.92. The number of hydrogen-bond donors (Lipinski definition) is 3. The maximum absolute atomic E-state index is 12.6. The number of unbranched alkanes of at least 4 members (excludes halogenated alkanes) is 1. The Balaban J connectivity index is 2.03. The van der Waals surface area contributed by atoms with E-state index in [4.69, 9.17) is 10.5 Å². The zero-order chi connectivity index (χ0) is 19.8. The molecule has 1 aromatic carbocycles. The number of Topliss-reactive ketones (excluding diaryl/α,β-unsaturated/α-hetero) is 1. The quantitative estimate of drug-likeness (QED) is 0.225. The molecule has 1 heterocycles. The number of imide groups is 1. The molecule has 144 valence electrons.